The number of fused-ring (bicyclic) bond motifs is 1. The van der Waals surface area contributed by atoms with Gasteiger partial charge in [-0.1, -0.05) is 72.8 Å². The highest BCUT2D eigenvalue weighted by Crippen LogP contribution is 2.38. The number of aromatic hydroxyl groups is 1. The quantitative estimate of drug-likeness (QED) is 0.235. The summed E-state index contributed by atoms with van der Waals surface area (Å²) < 4.78 is 2.02. The topological polar surface area (TPSA) is 63.8 Å². The van der Waals surface area contributed by atoms with Crippen LogP contribution in [0.4, 0.5) is 0 Å². The molecule has 4 aromatic carbocycles. The SMILES string of the molecule is Cc1cnc(-c2cc(-c3ccccc3)cc(-c3cccc4c3nc(-c3ccncc3O)n4C)c2)cc1-c1ccccc1. The molecule has 0 aliphatic heterocycles. The molecule has 0 aliphatic carbocycles. The van der Waals surface area contributed by atoms with E-state index >= 15 is 0 Å². The highest BCUT2D eigenvalue weighted by atomic mass is 16.3. The highest BCUT2D eigenvalue weighted by Gasteiger charge is 2.18. The van der Waals surface area contributed by atoms with E-state index in [9.17, 15) is 5.11 Å². The Morgan fingerprint density at radius 3 is 2.10 bits per heavy atom. The Balaban J connectivity index is 1.44. The van der Waals surface area contributed by atoms with Gasteiger partial charge in [-0.2, -0.15) is 0 Å². The van der Waals surface area contributed by atoms with Crippen molar-refractivity contribution in [2.45, 2.75) is 6.92 Å². The van der Waals surface area contributed by atoms with Gasteiger partial charge in [-0.15, -0.1) is 0 Å². The Morgan fingerprint density at radius 2 is 1.33 bits per heavy atom. The molecule has 7 rings (SSSR count). The van der Waals surface area contributed by atoms with Crippen molar-refractivity contribution in [2.75, 3.05) is 0 Å². The summed E-state index contributed by atoms with van der Waals surface area (Å²) >= 11 is 0. The maximum absolute atomic E-state index is 10.5. The van der Waals surface area contributed by atoms with Gasteiger partial charge in [0.05, 0.1) is 28.5 Å². The second-order valence-corrected chi connectivity index (χ2v) is 10.5. The third-order valence-electron chi connectivity index (χ3n) is 7.79. The Kier molecular flexibility index (Phi) is 6.32. The molecule has 3 aromatic heterocycles. The molecule has 3 heterocycles. The largest absolute Gasteiger partial charge is 0.506 e. The summed E-state index contributed by atoms with van der Waals surface area (Å²) in [6.07, 6.45) is 5.08. The van der Waals surface area contributed by atoms with Crippen molar-refractivity contribution in [1.29, 1.82) is 0 Å². The second-order valence-electron chi connectivity index (χ2n) is 10.5. The van der Waals surface area contributed by atoms with Crippen LogP contribution in [0.5, 0.6) is 5.75 Å². The van der Waals surface area contributed by atoms with E-state index in [1.54, 1.807) is 12.3 Å². The zero-order valence-corrected chi connectivity index (χ0v) is 23.4. The van der Waals surface area contributed by atoms with Crippen LogP contribution in [0.1, 0.15) is 5.56 Å². The standard InChI is InChI=1S/C37H28N4O/c1-24-22-39-33(21-32(24)26-12-7-4-8-13-26)29-19-27(25-10-5-3-6-11-25)18-28(20-29)30-14-9-15-34-36(30)40-37(41(34)2)31-16-17-38-23-35(31)42/h3-23,42H,1-2H3. The maximum Gasteiger partial charge on any atom is 0.144 e. The number of pyridine rings is 2. The first kappa shape index (κ1) is 25.4. The molecule has 5 nitrogen and oxygen atoms in total. The van der Waals surface area contributed by atoms with Gasteiger partial charge >= 0.3 is 0 Å². The van der Waals surface area contributed by atoms with E-state index in [0.717, 1.165) is 50.1 Å². The van der Waals surface area contributed by atoms with Crippen LogP contribution in [0.15, 0.2) is 128 Å². The first-order chi connectivity index (χ1) is 20.6. The highest BCUT2D eigenvalue weighted by molar-refractivity contribution is 5.96. The van der Waals surface area contributed by atoms with Crippen molar-refractivity contribution in [3.05, 3.63) is 133 Å². The molecule has 202 valence electrons. The van der Waals surface area contributed by atoms with E-state index in [1.165, 1.54) is 17.3 Å². The molecule has 0 atom stereocenters. The zero-order chi connectivity index (χ0) is 28.6. The van der Waals surface area contributed by atoms with E-state index in [0.29, 0.717) is 11.4 Å². The lowest BCUT2D eigenvalue weighted by Gasteiger charge is -2.13. The van der Waals surface area contributed by atoms with Crippen LogP contribution in [-0.4, -0.2) is 24.6 Å². The van der Waals surface area contributed by atoms with Gasteiger partial charge in [0, 0.05) is 30.6 Å². The number of nitrogens with zero attached hydrogens (tertiary/aromatic N) is 4. The van der Waals surface area contributed by atoms with Gasteiger partial charge in [-0.05, 0) is 76.7 Å². The Labute approximate surface area is 244 Å². The molecule has 0 bridgehead atoms. The average Bonchev–Trinajstić information content (AvgIpc) is 3.38. The van der Waals surface area contributed by atoms with Crippen LogP contribution in [0, 0.1) is 6.92 Å². The van der Waals surface area contributed by atoms with Crippen LogP contribution in [0.2, 0.25) is 0 Å². The minimum absolute atomic E-state index is 0.102. The molecule has 0 fully saturated rings. The molecule has 7 aromatic rings. The van der Waals surface area contributed by atoms with E-state index in [1.807, 2.05) is 29.9 Å². The number of hydrogen-bond acceptors (Lipinski definition) is 4. The van der Waals surface area contributed by atoms with Crippen molar-refractivity contribution in [1.82, 2.24) is 19.5 Å². The van der Waals surface area contributed by atoms with E-state index in [2.05, 4.69) is 103 Å². The molecule has 1 N–H and O–H groups in total. The minimum Gasteiger partial charge on any atom is -0.506 e. The normalized spacial score (nSPS) is 11.2. The summed E-state index contributed by atoms with van der Waals surface area (Å²) in [6.45, 7) is 2.10. The van der Waals surface area contributed by atoms with Gasteiger partial charge in [0.1, 0.15) is 11.6 Å². The Hall–Kier alpha value is -5.55. The van der Waals surface area contributed by atoms with Gasteiger partial charge in [0.15, 0.2) is 0 Å². The first-order valence-corrected chi connectivity index (χ1v) is 13.9. The molecule has 0 aliphatic rings. The molecular formula is C37H28N4O. The fraction of sp³-hybridized carbons (Fsp3) is 0.0541. The monoisotopic (exact) mass is 544 g/mol. The minimum atomic E-state index is 0.102. The average molecular weight is 545 g/mol. The Bertz CT molecular complexity index is 2060. The summed E-state index contributed by atoms with van der Waals surface area (Å²) in [7, 11) is 1.97. The number of rotatable bonds is 5. The predicted molar refractivity (Wildman–Crippen MR) is 170 cm³/mol. The molecule has 5 heteroatoms. The van der Waals surface area contributed by atoms with Crippen LogP contribution >= 0.6 is 0 Å². The fourth-order valence-corrected chi connectivity index (χ4v) is 5.60. The summed E-state index contributed by atoms with van der Waals surface area (Å²) in [5, 5.41) is 10.5. The fourth-order valence-electron chi connectivity index (χ4n) is 5.60. The molecule has 42 heavy (non-hydrogen) atoms. The molecule has 0 saturated heterocycles. The molecular weight excluding hydrogens is 516 g/mol. The van der Waals surface area contributed by atoms with Gasteiger partial charge in [0.25, 0.3) is 0 Å². The van der Waals surface area contributed by atoms with E-state index in [-0.39, 0.29) is 5.75 Å². The van der Waals surface area contributed by atoms with Crippen LogP contribution in [-0.2, 0) is 7.05 Å². The smallest absolute Gasteiger partial charge is 0.144 e. The maximum atomic E-state index is 10.5. The summed E-state index contributed by atoms with van der Waals surface area (Å²) in [4.78, 5) is 14.0. The van der Waals surface area contributed by atoms with Gasteiger partial charge < -0.3 is 9.67 Å². The van der Waals surface area contributed by atoms with Crippen LogP contribution in [0.3, 0.4) is 0 Å². The van der Waals surface area contributed by atoms with Crippen LogP contribution < -0.4 is 0 Å². The number of benzene rings is 4. The molecule has 0 saturated carbocycles. The Morgan fingerprint density at radius 1 is 0.619 bits per heavy atom. The first-order valence-electron chi connectivity index (χ1n) is 13.9. The van der Waals surface area contributed by atoms with Crippen molar-refractivity contribution in [3.63, 3.8) is 0 Å². The van der Waals surface area contributed by atoms with Crippen molar-refractivity contribution < 1.29 is 5.11 Å². The molecule has 0 spiro atoms. The third-order valence-corrected chi connectivity index (χ3v) is 7.79. The summed E-state index contributed by atoms with van der Waals surface area (Å²) in [6, 6.07) is 37.7. The molecule has 0 unspecified atom stereocenters. The lowest BCUT2D eigenvalue weighted by atomic mass is 9.93. The zero-order valence-electron chi connectivity index (χ0n) is 23.4. The summed E-state index contributed by atoms with van der Waals surface area (Å²) in [5.41, 5.74) is 12.2. The number of para-hydroxylation sites is 1. The number of aryl methyl sites for hydroxylation is 2. The van der Waals surface area contributed by atoms with Gasteiger partial charge in [-0.3, -0.25) is 9.97 Å². The second kappa shape index (κ2) is 10.5. The van der Waals surface area contributed by atoms with Crippen molar-refractivity contribution in [2.24, 2.45) is 7.05 Å². The molecule has 0 amide bonds. The number of imidazole rings is 1. The summed E-state index contributed by atoms with van der Waals surface area (Å²) in [5.74, 6) is 0.787. The van der Waals surface area contributed by atoms with Gasteiger partial charge in [0.2, 0.25) is 0 Å². The van der Waals surface area contributed by atoms with Crippen molar-refractivity contribution >= 4 is 11.0 Å². The van der Waals surface area contributed by atoms with Gasteiger partial charge in [-0.25, -0.2) is 4.98 Å². The predicted octanol–water partition coefficient (Wildman–Crippen LogP) is 8.71. The number of aromatic nitrogens is 4. The third kappa shape index (κ3) is 4.51. The van der Waals surface area contributed by atoms with E-state index in [4.69, 9.17) is 9.97 Å². The van der Waals surface area contributed by atoms with E-state index < -0.39 is 0 Å². The number of hydrogen-bond donors (Lipinski definition) is 1. The molecule has 0 radical (unpaired) electrons. The van der Waals surface area contributed by atoms with Crippen molar-refractivity contribution in [3.8, 4) is 61.8 Å². The lowest BCUT2D eigenvalue weighted by Crippen LogP contribution is -1.93. The lowest BCUT2D eigenvalue weighted by molar-refractivity contribution is 0.474. The van der Waals surface area contributed by atoms with Crippen LogP contribution in [0.25, 0.3) is 67.1 Å².